The number of hydrogen-bond acceptors (Lipinski definition) is 5. The number of carbonyl (C=O) groups is 1. The third-order valence-electron chi connectivity index (χ3n) is 8.47. The molecule has 7 heteroatoms. The van der Waals surface area contributed by atoms with Gasteiger partial charge in [0.2, 0.25) is 5.91 Å². The Kier molecular flexibility index (Phi) is 8.90. The molecule has 0 N–H and O–H groups in total. The van der Waals surface area contributed by atoms with Crippen molar-refractivity contribution in [2.24, 2.45) is 5.92 Å². The molecule has 0 spiro atoms. The average molecular weight is 525 g/mol. The van der Waals surface area contributed by atoms with E-state index in [-0.39, 0.29) is 0 Å². The third-order valence-corrected chi connectivity index (χ3v) is 8.71. The van der Waals surface area contributed by atoms with Crippen LogP contribution < -0.4 is 9.64 Å². The van der Waals surface area contributed by atoms with Gasteiger partial charge in [0.05, 0.1) is 12.8 Å². The summed E-state index contributed by atoms with van der Waals surface area (Å²) >= 11 is 6.24. The molecule has 3 heterocycles. The molecular formula is C30H41ClN4O2. The van der Waals surface area contributed by atoms with Gasteiger partial charge in [0, 0.05) is 56.8 Å². The van der Waals surface area contributed by atoms with Gasteiger partial charge in [-0.3, -0.25) is 9.69 Å². The van der Waals surface area contributed by atoms with E-state index in [1.807, 2.05) is 30.3 Å². The number of para-hydroxylation sites is 2. The number of ether oxygens (including phenoxy) is 1. The molecule has 200 valence electrons. The fourth-order valence-corrected chi connectivity index (χ4v) is 6.74. The van der Waals surface area contributed by atoms with E-state index in [0.717, 1.165) is 68.7 Å². The van der Waals surface area contributed by atoms with Gasteiger partial charge in [0.1, 0.15) is 5.75 Å². The molecule has 0 bridgehead atoms. The lowest BCUT2D eigenvalue weighted by molar-refractivity contribution is -0.132. The molecule has 3 fully saturated rings. The number of methoxy groups -OCH3 is 1. The topological polar surface area (TPSA) is 39.3 Å². The summed E-state index contributed by atoms with van der Waals surface area (Å²) in [6.07, 6.45) is 5.43. The first-order valence-electron chi connectivity index (χ1n) is 14.0. The van der Waals surface area contributed by atoms with Gasteiger partial charge in [-0.15, -0.1) is 0 Å². The van der Waals surface area contributed by atoms with E-state index in [9.17, 15) is 4.79 Å². The number of anilines is 1. The Bertz CT molecular complexity index is 1040. The van der Waals surface area contributed by atoms with Crippen molar-refractivity contribution >= 4 is 23.2 Å². The number of benzene rings is 2. The highest BCUT2D eigenvalue weighted by Crippen LogP contribution is 2.31. The zero-order chi connectivity index (χ0) is 25.6. The Morgan fingerprint density at radius 2 is 1.76 bits per heavy atom. The SMILES string of the molecule is COc1ccccc1N1CCN(C(=O)CC[C@@H]2CN(Cc3cccc(Cl)c3)CC[C@@H]2N2CCCC2)CC1. The van der Waals surface area contributed by atoms with E-state index < -0.39 is 0 Å². The molecule has 0 aromatic heterocycles. The molecule has 2 atom stereocenters. The first-order valence-corrected chi connectivity index (χ1v) is 14.3. The molecule has 0 radical (unpaired) electrons. The fraction of sp³-hybridized carbons (Fsp3) is 0.567. The normalized spacial score (nSPS) is 23.4. The van der Waals surface area contributed by atoms with E-state index in [0.29, 0.717) is 24.3 Å². The van der Waals surface area contributed by atoms with Gasteiger partial charge in [-0.2, -0.15) is 0 Å². The minimum Gasteiger partial charge on any atom is -0.495 e. The number of carbonyl (C=O) groups excluding carboxylic acids is 1. The molecule has 3 aliphatic rings. The molecule has 3 saturated heterocycles. The van der Waals surface area contributed by atoms with Gasteiger partial charge in [-0.05, 0) is 81.1 Å². The van der Waals surface area contributed by atoms with Crippen LogP contribution in [0.2, 0.25) is 5.02 Å². The summed E-state index contributed by atoms with van der Waals surface area (Å²) in [5.41, 5.74) is 2.39. The highest BCUT2D eigenvalue weighted by atomic mass is 35.5. The summed E-state index contributed by atoms with van der Waals surface area (Å²) in [5.74, 6) is 1.74. The van der Waals surface area contributed by atoms with Crippen molar-refractivity contribution in [3.8, 4) is 5.75 Å². The Labute approximate surface area is 227 Å². The van der Waals surface area contributed by atoms with Crippen molar-refractivity contribution in [3.63, 3.8) is 0 Å². The monoisotopic (exact) mass is 524 g/mol. The van der Waals surface area contributed by atoms with Crippen molar-refractivity contribution < 1.29 is 9.53 Å². The lowest BCUT2D eigenvalue weighted by Crippen LogP contribution is -2.51. The molecular weight excluding hydrogens is 484 g/mol. The van der Waals surface area contributed by atoms with Crippen LogP contribution >= 0.6 is 11.6 Å². The van der Waals surface area contributed by atoms with E-state index in [1.165, 1.54) is 37.9 Å². The van der Waals surface area contributed by atoms with Crippen LogP contribution in [0.25, 0.3) is 0 Å². The summed E-state index contributed by atoms with van der Waals surface area (Å²) in [6.45, 7) is 8.78. The van der Waals surface area contributed by atoms with Crippen LogP contribution in [-0.2, 0) is 11.3 Å². The van der Waals surface area contributed by atoms with Crippen LogP contribution in [0.15, 0.2) is 48.5 Å². The van der Waals surface area contributed by atoms with Crippen molar-refractivity contribution in [2.45, 2.75) is 44.7 Å². The maximum Gasteiger partial charge on any atom is 0.222 e. The Morgan fingerprint density at radius 1 is 0.973 bits per heavy atom. The Hall–Kier alpha value is -2.28. The maximum atomic E-state index is 13.3. The number of nitrogens with zero attached hydrogens (tertiary/aromatic N) is 4. The van der Waals surface area contributed by atoms with Crippen LogP contribution in [0.5, 0.6) is 5.75 Å². The molecule has 2 aromatic rings. The van der Waals surface area contributed by atoms with E-state index >= 15 is 0 Å². The van der Waals surface area contributed by atoms with Crippen LogP contribution in [0.3, 0.4) is 0 Å². The summed E-state index contributed by atoms with van der Waals surface area (Å²) in [4.78, 5) is 23.0. The van der Waals surface area contributed by atoms with E-state index in [4.69, 9.17) is 16.3 Å². The number of piperazine rings is 1. The maximum absolute atomic E-state index is 13.3. The Morgan fingerprint density at radius 3 is 2.51 bits per heavy atom. The van der Waals surface area contributed by atoms with Gasteiger partial charge in [0.15, 0.2) is 0 Å². The standard InChI is InChI=1S/C30H41ClN4O2/c1-37-29-10-3-2-9-28(29)34-17-19-35(20-18-34)30(36)12-11-25-23-32(22-24-7-6-8-26(31)21-24)16-13-27(25)33-14-4-5-15-33/h2-3,6-10,21,25,27H,4-5,11-20,22-23H2,1H3/t25-,27+/m1/s1. The predicted molar refractivity (Wildman–Crippen MR) is 150 cm³/mol. The van der Waals surface area contributed by atoms with Crippen molar-refractivity contribution in [1.29, 1.82) is 0 Å². The van der Waals surface area contributed by atoms with E-state index in [1.54, 1.807) is 7.11 Å². The molecule has 1 amide bonds. The quantitative estimate of drug-likeness (QED) is 0.497. The molecule has 6 nitrogen and oxygen atoms in total. The van der Waals surface area contributed by atoms with Crippen LogP contribution in [0.1, 0.15) is 37.7 Å². The van der Waals surface area contributed by atoms with Crippen LogP contribution in [0, 0.1) is 5.92 Å². The number of rotatable bonds is 8. The van der Waals surface area contributed by atoms with Crippen LogP contribution in [0.4, 0.5) is 5.69 Å². The second-order valence-corrected chi connectivity index (χ2v) is 11.2. The van der Waals surface area contributed by atoms with Crippen molar-refractivity contribution in [3.05, 3.63) is 59.1 Å². The molecule has 0 saturated carbocycles. The lowest BCUT2D eigenvalue weighted by atomic mass is 9.86. The van der Waals surface area contributed by atoms with Crippen LogP contribution in [-0.4, -0.2) is 86.1 Å². The second-order valence-electron chi connectivity index (χ2n) is 10.8. The highest BCUT2D eigenvalue weighted by molar-refractivity contribution is 6.30. The van der Waals surface area contributed by atoms with E-state index in [2.05, 4.69) is 37.8 Å². The minimum atomic E-state index is 0.312. The molecule has 2 aromatic carbocycles. The summed E-state index contributed by atoms with van der Waals surface area (Å²) < 4.78 is 5.55. The first kappa shape index (κ1) is 26.3. The summed E-state index contributed by atoms with van der Waals surface area (Å²) in [6, 6.07) is 17.0. The van der Waals surface area contributed by atoms with Gasteiger partial charge in [0.25, 0.3) is 0 Å². The molecule has 0 aliphatic carbocycles. The number of halogens is 1. The van der Waals surface area contributed by atoms with Gasteiger partial charge in [-0.25, -0.2) is 0 Å². The second kappa shape index (κ2) is 12.5. The summed E-state index contributed by atoms with van der Waals surface area (Å²) in [7, 11) is 1.72. The Balaban J connectivity index is 1.16. The largest absolute Gasteiger partial charge is 0.495 e. The summed E-state index contributed by atoms with van der Waals surface area (Å²) in [5, 5.41) is 0.803. The number of hydrogen-bond donors (Lipinski definition) is 0. The zero-order valence-electron chi connectivity index (χ0n) is 22.2. The predicted octanol–water partition coefficient (Wildman–Crippen LogP) is 4.76. The number of amides is 1. The fourth-order valence-electron chi connectivity index (χ4n) is 6.52. The first-order chi connectivity index (χ1) is 18.1. The smallest absolute Gasteiger partial charge is 0.222 e. The van der Waals surface area contributed by atoms with Gasteiger partial charge in [-0.1, -0.05) is 35.9 Å². The molecule has 37 heavy (non-hydrogen) atoms. The molecule has 0 unspecified atom stereocenters. The number of likely N-dealkylation sites (tertiary alicyclic amines) is 2. The minimum absolute atomic E-state index is 0.312. The third kappa shape index (κ3) is 6.60. The molecule has 5 rings (SSSR count). The van der Waals surface area contributed by atoms with Gasteiger partial charge >= 0.3 is 0 Å². The zero-order valence-corrected chi connectivity index (χ0v) is 22.9. The van der Waals surface area contributed by atoms with Crippen molar-refractivity contribution in [1.82, 2.24) is 14.7 Å². The van der Waals surface area contributed by atoms with Gasteiger partial charge < -0.3 is 19.4 Å². The number of piperidine rings is 1. The van der Waals surface area contributed by atoms with Crippen molar-refractivity contribution in [2.75, 3.05) is 64.4 Å². The average Bonchev–Trinajstić information content (AvgIpc) is 3.47. The lowest BCUT2D eigenvalue weighted by Gasteiger charge is -2.43. The molecule has 3 aliphatic heterocycles. The highest BCUT2D eigenvalue weighted by Gasteiger charge is 2.35.